The molecule has 0 bridgehead atoms. The van der Waals surface area contributed by atoms with Gasteiger partial charge in [0, 0.05) is 22.0 Å². The van der Waals surface area contributed by atoms with Crippen molar-refractivity contribution in [3.63, 3.8) is 0 Å². The molecule has 6 heteroatoms. The summed E-state index contributed by atoms with van der Waals surface area (Å²) >= 11 is 1.37. The number of carbonyl (C=O) groups excluding carboxylic acids is 1. The number of pyridine rings is 1. The maximum absolute atomic E-state index is 12.7. The normalized spacial score (nSPS) is 10.8. The van der Waals surface area contributed by atoms with Gasteiger partial charge in [0.1, 0.15) is 0 Å². The number of fused-ring (bicyclic) bond motifs is 1. The van der Waals surface area contributed by atoms with Gasteiger partial charge < -0.3 is 10.4 Å². The van der Waals surface area contributed by atoms with Gasteiger partial charge in [-0.1, -0.05) is 36.4 Å². The maximum atomic E-state index is 12.7. The molecule has 28 heavy (non-hydrogen) atoms. The summed E-state index contributed by atoms with van der Waals surface area (Å²) in [7, 11) is 0. The Morgan fingerprint density at radius 1 is 1.04 bits per heavy atom. The summed E-state index contributed by atoms with van der Waals surface area (Å²) in [6, 6.07) is 18.1. The van der Waals surface area contributed by atoms with E-state index in [0.717, 1.165) is 26.9 Å². The van der Waals surface area contributed by atoms with Crippen LogP contribution < -0.4 is 5.32 Å². The van der Waals surface area contributed by atoms with Crippen LogP contribution in [0.3, 0.4) is 0 Å². The molecule has 0 aliphatic carbocycles. The number of nitrogens with one attached hydrogen (secondary N) is 1. The first-order valence-corrected chi connectivity index (χ1v) is 9.44. The van der Waals surface area contributed by atoms with Gasteiger partial charge in [-0.2, -0.15) is 0 Å². The highest BCUT2D eigenvalue weighted by molar-refractivity contribution is 7.17. The molecule has 0 spiro atoms. The average molecular weight is 388 g/mol. The van der Waals surface area contributed by atoms with Crippen LogP contribution >= 0.6 is 11.3 Å². The van der Waals surface area contributed by atoms with E-state index in [1.54, 1.807) is 24.4 Å². The third-order valence-electron chi connectivity index (χ3n) is 4.42. The van der Waals surface area contributed by atoms with E-state index in [9.17, 15) is 14.7 Å². The van der Waals surface area contributed by atoms with Crippen LogP contribution in [0.25, 0.3) is 21.3 Å². The van der Waals surface area contributed by atoms with Crippen LogP contribution in [0, 0.1) is 6.92 Å². The molecule has 0 radical (unpaired) electrons. The number of aromatic nitrogens is 1. The molecule has 138 valence electrons. The summed E-state index contributed by atoms with van der Waals surface area (Å²) in [5.41, 5.74) is 3.17. The number of carbonyl (C=O) groups is 2. The van der Waals surface area contributed by atoms with Crippen molar-refractivity contribution in [2.45, 2.75) is 6.92 Å². The Bertz CT molecular complexity index is 1210. The molecule has 2 N–H and O–H groups in total. The van der Waals surface area contributed by atoms with Crippen molar-refractivity contribution in [2.24, 2.45) is 0 Å². The van der Waals surface area contributed by atoms with Crippen LogP contribution in [-0.2, 0) is 0 Å². The Kier molecular flexibility index (Phi) is 4.63. The third kappa shape index (κ3) is 3.25. The summed E-state index contributed by atoms with van der Waals surface area (Å²) in [6.45, 7) is 1.95. The Hall–Kier alpha value is -3.51. The second-order valence-corrected chi connectivity index (χ2v) is 7.36. The monoisotopic (exact) mass is 388 g/mol. The number of amides is 1. The Morgan fingerprint density at radius 3 is 2.64 bits per heavy atom. The minimum Gasteiger partial charge on any atom is -0.478 e. The van der Waals surface area contributed by atoms with Crippen molar-refractivity contribution >= 4 is 39.8 Å². The Morgan fingerprint density at radius 2 is 1.82 bits per heavy atom. The molecular formula is C22H16N2O3S. The number of carboxylic acids is 1. The quantitative estimate of drug-likeness (QED) is 0.502. The van der Waals surface area contributed by atoms with Crippen LogP contribution in [0.15, 0.2) is 66.9 Å². The van der Waals surface area contributed by atoms with Gasteiger partial charge in [-0.25, -0.2) is 4.79 Å². The highest BCUT2D eigenvalue weighted by atomic mass is 32.1. The molecule has 2 aromatic heterocycles. The number of hydrogen-bond donors (Lipinski definition) is 2. The molecular weight excluding hydrogens is 372 g/mol. The number of thiophene rings is 1. The summed E-state index contributed by atoms with van der Waals surface area (Å²) in [5.74, 6) is -1.41. The van der Waals surface area contributed by atoms with Crippen molar-refractivity contribution in [3.8, 4) is 10.4 Å². The fraction of sp³-hybridized carbons (Fsp3) is 0.0455. The molecule has 0 aliphatic heterocycles. The van der Waals surface area contributed by atoms with E-state index in [2.05, 4.69) is 10.3 Å². The van der Waals surface area contributed by atoms with E-state index in [1.165, 1.54) is 17.4 Å². The zero-order valence-electron chi connectivity index (χ0n) is 15.0. The van der Waals surface area contributed by atoms with Crippen molar-refractivity contribution in [2.75, 3.05) is 5.32 Å². The Balaban J connectivity index is 1.70. The maximum Gasteiger partial charge on any atom is 0.337 e. The first-order chi connectivity index (χ1) is 13.5. The summed E-state index contributed by atoms with van der Waals surface area (Å²) < 4.78 is 0. The highest BCUT2D eigenvalue weighted by Gasteiger charge is 2.18. The lowest BCUT2D eigenvalue weighted by Crippen LogP contribution is -2.13. The highest BCUT2D eigenvalue weighted by Crippen LogP contribution is 2.36. The van der Waals surface area contributed by atoms with Crippen molar-refractivity contribution in [1.82, 2.24) is 4.98 Å². The van der Waals surface area contributed by atoms with Crippen LogP contribution in [0.1, 0.15) is 25.6 Å². The zero-order valence-corrected chi connectivity index (χ0v) is 15.8. The van der Waals surface area contributed by atoms with Crippen molar-refractivity contribution < 1.29 is 14.7 Å². The number of carboxylic acid groups (broad SMARTS) is 1. The molecule has 2 heterocycles. The predicted octanol–water partition coefficient (Wildman–Crippen LogP) is 5.22. The van der Waals surface area contributed by atoms with E-state index in [4.69, 9.17) is 0 Å². The van der Waals surface area contributed by atoms with E-state index in [-0.39, 0.29) is 17.2 Å². The minimum absolute atomic E-state index is 0.0580. The fourth-order valence-electron chi connectivity index (χ4n) is 3.11. The molecule has 1 amide bonds. The van der Waals surface area contributed by atoms with Gasteiger partial charge in [0.15, 0.2) is 0 Å². The number of rotatable bonds is 4. The second-order valence-electron chi connectivity index (χ2n) is 6.31. The van der Waals surface area contributed by atoms with E-state index < -0.39 is 5.97 Å². The SMILES string of the molecule is Cc1cc(C(=O)Nc2ccccc2C(=O)O)sc1-c1cccc2cccnc12. The summed E-state index contributed by atoms with van der Waals surface area (Å²) in [5, 5.41) is 13.0. The molecule has 0 atom stereocenters. The number of para-hydroxylation sites is 2. The largest absolute Gasteiger partial charge is 0.478 e. The number of aryl methyl sites for hydroxylation is 1. The third-order valence-corrected chi connectivity index (χ3v) is 5.69. The molecule has 0 fully saturated rings. The smallest absolute Gasteiger partial charge is 0.337 e. The number of benzene rings is 2. The van der Waals surface area contributed by atoms with E-state index >= 15 is 0 Å². The topological polar surface area (TPSA) is 79.3 Å². The first-order valence-electron chi connectivity index (χ1n) is 8.63. The fourth-order valence-corrected chi connectivity index (χ4v) is 4.21. The molecule has 0 unspecified atom stereocenters. The molecule has 0 aliphatic rings. The number of aromatic carboxylic acids is 1. The summed E-state index contributed by atoms with van der Waals surface area (Å²) in [6.07, 6.45) is 1.76. The lowest BCUT2D eigenvalue weighted by Gasteiger charge is -2.07. The predicted molar refractivity (Wildman–Crippen MR) is 111 cm³/mol. The molecule has 0 saturated heterocycles. The second kappa shape index (κ2) is 7.25. The molecule has 5 nitrogen and oxygen atoms in total. The molecule has 0 saturated carbocycles. The van der Waals surface area contributed by atoms with Crippen molar-refractivity contribution in [3.05, 3.63) is 82.9 Å². The van der Waals surface area contributed by atoms with Gasteiger partial charge in [0.05, 0.1) is 21.6 Å². The molecule has 4 rings (SSSR count). The number of nitrogens with zero attached hydrogens (tertiary/aromatic N) is 1. The summed E-state index contributed by atoms with van der Waals surface area (Å²) in [4.78, 5) is 30.1. The van der Waals surface area contributed by atoms with Gasteiger partial charge in [-0.05, 0) is 36.8 Å². The first kappa shape index (κ1) is 17.9. The standard InChI is InChI=1S/C22H16N2O3S/c1-13-12-18(21(25)24-17-10-3-2-8-15(17)22(26)27)28-20(13)16-9-4-6-14-7-5-11-23-19(14)16/h2-12H,1H3,(H,24,25)(H,26,27). The van der Waals surface area contributed by atoms with E-state index in [0.29, 0.717) is 4.88 Å². The average Bonchev–Trinajstić information content (AvgIpc) is 3.09. The van der Waals surface area contributed by atoms with Gasteiger partial charge >= 0.3 is 5.97 Å². The van der Waals surface area contributed by atoms with E-state index in [1.807, 2.05) is 43.3 Å². The number of anilines is 1. The lowest BCUT2D eigenvalue weighted by molar-refractivity contribution is 0.0698. The van der Waals surface area contributed by atoms with Crippen LogP contribution in [0.5, 0.6) is 0 Å². The van der Waals surface area contributed by atoms with Gasteiger partial charge in [-0.15, -0.1) is 11.3 Å². The van der Waals surface area contributed by atoms with Crippen LogP contribution in [0.2, 0.25) is 0 Å². The lowest BCUT2D eigenvalue weighted by atomic mass is 10.1. The zero-order chi connectivity index (χ0) is 19.7. The number of hydrogen-bond acceptors (Lipinski definition) is 4. The van der Waals surface area contributed by atoms with Gasteiger partial charge in [0.2, 0.25) is 0 Å². The Labute approximate surface area is 165 Å². The van der Waals surface area contributed by atoms with Crippen LogP contribution in [0.4, 0.5) is 5.69 Å². The molecule has 2 aromatic carbocycles. The van der Waals surface area contributed by atoms with Gasteiger partial charge in [0.25, 0.3) is 5.91 Å². The van der Waals surface area contributed by atoms with Crippen molar-refractivity contribution in [1.29, 1.82) is 0 Å². The minimum atomic E-state index is -1.08. The van der Waals surface area contributed by atoms with Crippen LogP contribution in [-0.4, -0.2) is 22.0 Å². The molecule has 4 aromatic rings. The van der Waals surface area contributed by atoms with Gasteiger partial charge in [-0.3, -0.25) is 9.78 Å².